The lowest BCUT2D eigenvalue weighted by Crippen LogP contribution is -2.26. The van der Waals surface area contributed by atoms with Crippen LogP contribution < -0.4 is 5.32 Å². The smallest absolute Gasteiger partial charge is 0.139 e. The number of pyridine rings is 1. The van der Waals surface area contributed by atoms with E-state index in [1.807, 2.05) is 24.8 Å². The van der Waals surface area contributed by atoms with E-state index in [4.69, 9.17) is 0 Å². The zero-order valence-corrected chi connectivity index (χ0v) is 15.2. The first kappa shape index (κ1) is 16.1. The summed E-state index contributed by atoms with van der Waals surface area (Å²) >= 11 is 0. The van der Waals surface area contributed by atoms with Gasteiger partial charge >= 0.3 is 0 Å². The van der Waals surface area contributed by atoms with Gasteiger partial charge in [-0.1, -0.05) is 30.3 Å². The highest BCUT2D eigenvalue weighted by molar-refractivity contribution is 5.98. The van der Waals surface area contributed by atoms with Gasteiger partial charge in [-0.3, -0.25) is 4.90 Å². The maximum atomic E-state index is 4.58. The van der Waals surface area contributed by atoms with E-state index in [-0.39, 0.29) is 0 Å². The van der Waals surface area contributed by atoms with Crippen LogP contribution >= 0.6 is 0 Å². The fourth-order valence-corrected chi connectivity index (χ4v) is 4.01. The second-order valence-corrected chi connectivity index (χ2v) is 7.24. The summed E-state index contributed by atoms with van der Waals surface area (Å²) in [6.07, 6.45) is 9.05. The number of H-pyrrole nitrogens is 2. The number of rotatable bonds is 5. The van der Waals surface area contributed by atoms with E-state index < -0.39 is 0 Å². The predicted octanol–water partition coefficient (Wildman–Crippen LogP) is 4.24. The Morgan fingerprint density at radius 1 is 1.11 bits per heavy atom. The van der Waals surface area contributed by atoms with Crippen LogP contribution in [0.4, 0.5) is 5.69 Å². The van der Waals surface area contributed by atoms with Crippen molar-refractivity contribution in [2.24, 2.45) is 0 Å². The molecule has 5 nitrogen and oxygen atoms in total. The average Bonchev–Trinajstić information content (AvgIpc) is 3.45. The highest BCUT2D eigenvalue weighted by atomic mass is 15.2. The number of likely N-dealkylation sites (tertiary alicyclic amines) is 1. The van der Waals surface area contributed by atoms with Crippen molar-refractivity contribution in [3.8, 4) is 11.1 Å². The Morgan fingerprint density at radius 2 is 2.04 bits per heavy atom. The summed E-state index contributed by atoms with van der Waals surface area (Å²) < 4.78 is 0. The van der Waals surface area contributed by atoms with Crippen LogP contribution in [0.15, 0.2) is 67.3 Å². The molecule has 136 valence electrons. The Balaban J connectivity index is 1.38. The summed E-state index contributed by atoms with van der Waals surface area (Å²) in [7, 11) is 0. The van der Waals surface area contributed by atoms with Crippen molar-refractivity contribution in [2.75, 3.05) is 18.4 Å². The van der Waals surface area contributed by atoms with Gasteiger partial charge in [-0.05, 0) is 24.1 Å². The number of hydrogen-bond donors (Lipinski definition) is 3. The van der Waals surface area contributed by atoms with Crippen molar-refractivity contribution in [1.29, 1.82) is 0 Å². The largest absolute Gasteiger partial charge is 0.380 e. The quantitative estimate of drug-likeness (QED) is 0.500. The molecule has 27 heavy (non-hydrogen) atoms. The van der Waals surface area contributed by atoms with Gasteiger partial charge < -0.3 is 15.3 Å². The second kappa shape index (κ2) is 6.93. The first-order valence-electron chi connectivity index (χ1n) is 9.49. The molecule has 0 radical (unpaired) electrons. The van der Waals surface area contributed by atoms with Gasteiger partial charge in [0.25, 0.3) is 0 Å². The molecular weight excluding hydrogens is 334 g/mol. The zero-order chi connectivity index (χ0) is 18.1. The standard InChI is InChI=1S/C22H23N5/c1-2-4-16(5-3-1)14-27-11-8-18(15-27)26-21-19-7-10-24-22(19)25-13-20(21)17-6-9-23-12-17/h1-7,9-10,12-13,18,23H,8,11,14-15H2,(H2,24,25,26)/t18-/m1/s1. The Labute approximate surface area is 158 Å². The van der Waals surface area contributed by atoms with E-state index in [1.54, 1.807) is 0 Å². The van der Waals surface area contributed by atoms with E-state index in [1.165, 1.54) is 11.3 Å². The van der Waals surface area contributed by atoms with Crippen LogP contribution in [0.25, 0.3) is 22.2 Å². The number of hydrogen-bond acceptors (Lipinski definition) is 3. The van der Waals surface area contributed by atoms with Gasteiger partial charge in [-0.15, -0.1) is 0 Å². The molecule has 0 bridgehead atoms. The van der Waals surface area contributed by atoms with E-state index in [0.29, 0.717) is 6.04 Å². The fraction of sp³-hybridized carbons (Fsp3) is 0.227. The van der Waals surface area contributed by atoms with Crippen LogP contribution in [0.3, 0.4) is 0 Å². The first-order chi connectivity index (χ1) is 13.4. The first-order valence-corrected chi connectivity index (χ1v) is 9.49. The van der Waals surface area contributed by atoms with Gasteiger partial charge in [-0.2, -0.15) is 0 Å². The molecule has 0 aliphatic carbocycles. The molecule has 1 saturated heterocycles. The maximum Gasteiger partial charge on any atom is 0.139 e. The van der Waals surface area contributed by atoms with Gasteiger partial charge in [0.15, 0.2) is 0 Å². The number of aromatic nitrogens is 3. The van der Waals surface area contributed by atoms with E-state index in [9.17, 15) is 0 Å². The second-order valence-electron chi connectivity index (χ2n) is 7.24. The lowest BCUT2D eigenvalue weighted by molar-refractivity contribution is 0.328. The van der Waals surface area contributed by atoms with Crippen LogP contribution in [0.5, 0.6) is 0 Å². The van der Waals surface area contributed by atoms with Crippen LogP contribution in [-0.2, 0) is 6.54 Å². The molecule has 0 saturated carbocycles. The topological polar surface area (TPSA) is 59.7 Å². The molecule has 1 aromatic carbocycles. The Hall–Kier alpha value is -3.05. The van der Waals surface area contributed by atoms with Gasteiger partial charge in [-0.25, -0.2) is 4.98 Å². The van der Waals surface area contributed by atoms with Crippen molar-refractivity contribution in [1.82, 2.24) is 19.9 Å². The number of nitrogens with one attached hydrogen (secondary N) is 3. The number of benzene rings is 1. The van der Waals surface area contributed by atoms with Crippen molar-refractivity contribution >= 4 is 16.7 Å². The molecule has 5 rings (SSSR count). The fourth-order valence-electron chi connectivity index (χ4n) is 4.01. The molecule has 0 unspecified atom stereocenters. The molecule has 4 heterocycles. The van der Waals surface area contributed by atoms with Crippen LogP contribution in [0.2, 0.25) is 0 Å². The molecule has 1 atom stereocenters. The number of anilines is 1. The van der Waals surface area contributed by atoms with Crippen molar-refractivity contribution in [3.63, 3.8) is 0 Å². The third-order valence-corrected chi connectivity index (χ3v) is 5.37. The molecule has 5 heteroatoms. The third kappa shape index (κ3) is 3.22. The average molecular weight is 357 g/mol. The molecule has 1 aliphatic rings. The third-order valence-electron chi connectivity index (χ3n) is 5.37. The highest BCUT2D eigenvalue weighted by Crippen LogP contribution is 2.34. The summed E-state index contributed by atoms with van der Waals surface area (Å²) in [6.45, 7) is 3.18. The minimum atomic E-state index is 0.437. The molecule has 3 aromatic heterocycles. The monoisotopic (exact) mass is 357 g/mol. The van der Waals surface area contributed by atoms with Crippen LogP contribution in [-0.4, -0.2) is 39.0 Å². The molecule has 0 amide bonds. The highest BCUT2D eigenvalue weighted by Gasteiger charge is 2.24. The van der Waals surface area contributed by atoms with E-state index >= 15 is 0 Å². The van der Waals surface area contributed by atoms with Crippen molar-refractivity contribution in [2.45, 2.75) is 19.0 Å². The summed E-state index contributed by atoms with van der Waals surface area (Å²) in [5.74, 6) is 0. The summed E-state index contributed by atoms with van der Waals surface area (Å²) in [5, 5.41) is 4.98. The van der Waals surface area contributed by atoms with Crippen LogP contribution in [0, 0.1) is 0 Å². The van der Waals surface area contributed by atoms with Gasteiger partial charge in [0, 0.05) is 67.0 Å². The van der Waals surface area contributed by atoms with Gasteiger partial charge in [0.05, 0.1) is 5.69 Å². The summed E-state index contributed by atoms with van der Waals surface area (Å²) in [4.78, 5) is 13.5. The molecule has 3 N–H and O–H groups in total. The molecule has 4 aromatic rings. The lowest BCUT2D eigenvalue weighted by Gasteiger charge is -2.19. The van der Waals surface area contributed by atoms with Gasteiger partial charge in [0.1, 0.15) is 5.65 Å². The summed E-state index contributed by atoms with van der Waals surface area (Å²) in [5.41, 5.74) is 5.78. The molecule has 1 aliphatic heterocycles. The van der Waals surface area contributed by atoms with E-state index in [2.05, 4.69) is 67.6 Å². The van der Waals surface area contributed by atoms with E-state index in [0.717, 1.165) is 48.2 Å². The van der Waals surface area contributed by atoms with Crippen molar-refractivity contribution < 1.29 is 0 Å². The molecular formula is C22H23N5. The predicted molar refractivity (Wildman–Crippen MR) is 110 cm³/mol. The number of fused-ring (bicyclic) bond motifs is 1. The van der Waals surface area contributed by atoms with Crippen LogP contribution in [0.1, 0.15) is 12.0 Å². The maximum absolute atomic E-state index is 4.58. The SMILES string of the molecule is c1ccc(CN2CC[C@@H](Nc3c(-c4cc[nH]c4)cnc4[nH]ccc34)C2)cc1. The minimum Gasteiger partial charge on any atom is -0.380 e. The minimum absolute atomic E-state index is 0.437. The molecule has 0 spiro atoms. The summed E-state index contributed by atoms with van der Waals surface area (Å²) in [6, 6.07) is 15.4. The zero-order valence-electron chi connectivity index (χ0n) is 15.2. The Kier molecular flexibility index (Phi) is 4.14. The Morgan fingerprint density at radius 3 is 2.89 bits per heavy atom. The van der Waals surface area contributed by atoms with Gasteiger partial charge in [0.2, 0.25) is 0 Å². The number of nitrogens with zero attached hydrogens (tertiary/aromatic N) is 2. The Bertz CT molecular complexity index is 1020. The lowest BCUT2D eigenvalue weighted by atomic mass is 10.1. The normalized spacial score (nSPS) is 17.6. The molecule has 1 fully saturated rings. The number of aromatic amines is 2. The van der Waals surface area contributed by atoms with Crippen molar-refractivity contribution in [3.05, 3.63) is 72.8 Å².